The summed E-state index contributed by atoms with van der Waals surface area (Å²) >= 11 is 0. The number of carbonyl (C=O) groups is 1. The number of ether oxygens (including phenoxy) is 1. The first kappa shape index (κ1) is 10.3. The van der Waals surface area contributed by atoms with E-state index >= 15 is 0 Å². The molecule has 1 atom stereocenters. The van der Waals surface area contributed by atoms with E-state index in [1.165, 1.54) is 0 Å². The van der Waals surface area contributed by atoms with Crippen molar-refractivity contribution in [3.05, 3.63) is 30.1 Å². The van der Waals surface area contributed by atoms with E-state index in [1.54, 1.807) is 12.4 Å². The molecule has 80 valence electrons. The van der Waals surface area contributed by atoms with E-state index < -0.39 is 0 Å². The van der Waals surface area contributed by atoms with Gasteiger partial charge >= 0.3 is 0 Å². The van der Waals surface area contributed by atoms with E-state index in [-0.39, 0.29) is 11.9 Å². The zero-order valence-electron chi connectivity index (χ0n) is 8.48. The molecule has 0 bridgehead atoms. The maximum atomic E-state index is 11.8. The van der Waals surface area contributed by atoms with Crippen LogP contribution in [0.3, 0.4) is 0 Å². The molecule has 0 aromatic carbocycles. The summed E-state index contributed by atoms with van der Waals surface area (Å²) in [7, 11) is 0. The summed E-state index contributed by atoms with van der Waals surface area (Å²) in [5.41, 5.74) is 0.941. The predicted molar refractivity (Wildman–Crippen MR) is 55.6 cm³/mol. The molecule has 0 amide bonds. The van der Waals surface area contributed by atoms with E-state index in [0.29, 0.717) is 19.6 Å². The van der Waals surface area contributed by atoms with Crippen LogP contribution in [0.25, 0.3) is 0 Å². The Bertz CT molecular complexity index is 321. The molecule has 4 heteroatoms. The van der Waals surface area contributed by atoms with Crippen LogP contribution in [0.2, 0.25) is 0 Å². The standard InChI is InChI=1S/C11H14N2O2/c14-10(11-8-13-4-5-15-11)6-9-2-1-3-12-7-9/h1-3,7,11,13H,4-6,8H2. The summed E-state index contributed by atoms with van der Waals surface area (Å²) in [5.74, 6) is 0.121. The number of pyridine rings is 1. The van der Waals surface area contributed by atoms with Crippen molar-refractivity contribution in [3.8, 4) is 0 Å². The third-order valence-electron chi connectivity index (χ3n) is 2.39. The van der Waals surface area contributed by atoms with Gasteiger partial charge in [0, 0.05) is 31.9 Å². The Morgan fingerprint density at radius 2 is 2.60 bits per heavy atom. The second-order valence-corrected chi connectivity index (χ2v) is 3.57. The normalized spacial score (nSPS) is 21.2. The smallest absolute Gasteiger partial charge is 0.167 e. The van der Waals surface area contributed by atoms with Crippen molar-refractivity contribution < 1.29 is 9.53 Å². The third-order valence-corrected chi connectivity index (χ3v) is 2.39. The number of hydrogen-bond acceptors (Lipinski definition) is 4. The van der Waals surface area contributed by atoms with Gasteiger partial charge < -0.3 is 10.1 Å². The Kier molecular flexibility index (Phi) is 3.42. The van der Waals surface area contributed by atoms with Crippen molar-refractivity contribution in [2.45, 2.75) is 12.5 Å². The summed E-state index contributed by atoms with van der Waals surface area (Å²) in [5, 5.41) is 3.14. The summed E-state index contributed by atoms with van der Waals surface area (Å²) in [6, 6.07) is 3.74. The van der Waals surface area contributed by atoms with Crippen molar-refractivity contribution in [2.24, 2.45) is 0 Å². The van der Waals surface area contributed by atoms with Gasteiger partial charge in [0.2, 0.25) is 0 Å². The number of nitrogens with zero attached hydrogens (tertiary/aromatic N) is 1. The number of aromatic nitrogens is 1. The number of carbonyl (C=O) groups excluding carboxylic acids is 1. The molecule has 4 nitrogen and oxygen atoms in total. The molecule has 0 spiro atoms. The van der Waals surface area contributed by atoms with E-state index in [2.05, 4.69) is 10.3 Å². The maximum absolute atomic E-state index is 11.8. The molecule has 1 aromatic rings. The molecule has 1 aromatic heterocycles. The highest BCUT2D eigenvalue weighted by Crippen LogP contribution is 2.04. The first-order chi connectivity index (χ1) is 7.36. The first-order valence-electron chi connectivity index (χ1n) is 5.10. The maximum Gasteiger partial charge on any atom is 0.167 e. The van der Waals surface area contributed by atoms with Crippen LogP contribution >= 0.6 is 0 Å². The number of Topliss-reactive ketones (excluding diaryl/α,β-unsaturated/α-hetero) is 1. The number of morpholine rings is 1. The van der Waals surface area contributed by atoms with Crippen molar-refractivity contribution in [3.63, 3.8) is 0 Å². The van der Waals surface area contributed by atoms with Crippen molar-refractivity contribution in [1.29, 1.82) is 0 Å². The minimum atomic E-state index is -0.293. The highest BCUT2D eigenvalue weighted by Gasteiger charge is 2.21. The quantitative estimate of drug-likeness (QED) is 0.766. The third kappa shape index (κ3) is 2.84. The second kappa shape index (κ2) is 5.00. The SMILES string of the molecule is O=C(Cc1cccnc1)C1CNCCO1. The summed E-state index contributed by atoms with van der Waals surface area (Å²) in [6.07, 6.45) is 3.53. The fourth-order valence-corrected chi connectivity index (χ4v) is 1.59. The molecule has 0 radical (unpaired) electrons. The van der Waals surface area contributed by atoms with Crippen LogP contribution in [0.5, 0.6) is 0 Å². The largest absolute Gasteiger partial charge is 0.368 e. The molecule has 1 saturated heterocycles. The molecule has 0 aliphatic carbocycles. The zero-order chi connectivity index (χ0) is 10.5. The lowest BCUT2D eigenvalue weighted by atomic mass is 10.1. The van der Waals surface area contributed by atoms with Crippen LogP contribution in [0, 0.1) is 0 Å². The Hall–Kier alpha value is -1.26. The average Bonchev–Trinajstić information content (AvgIpc) is 2.31. The number of hydrogen-bond donors (Lipinski definition) is 1. The number of ketones is 1. The van der Waals surface area contributed by atoms with Crippen LogP contribution in [0.15, 0.2) is 24.5 Å². The van der Waals surface area contributed by atoms with E-state index in [9.17, 15) is 4.79 Å². The highest BCUT2D eigenvalue weighted by atomic mass is 16.5. The molecule has 0 saturated carbocycles. The molecule has 1 unspecified atom stereocenters. The molecule has 15 heavy (non-hydrogen) atoms. The summed E-state index contributed by atoms with van der Waals surface area (Å²) < 4.78 is 5.38. The monoisotopic (exact) mass is 206 g/mol. The van der Waals surface area contributed by atoms with Crippen LogP contribution in [-0.4, -0.2) is 36.6 Å². The number of rotatable bonds is 3. The molecular formula is C11H14N2O2. The highest BCUT2D eigenvalue weighted by molar-refractivity contribution is 5.85. The first-order valence-corrected chi connectivity index (χ1v) is 5.10. The topological polar surface area (TPSA) is 51.2 Å². The van der Waals surface area contributed by atoms with Gasteiger partial charge in [0.05, 0.1) is 6.61 Å². The summed E-state index contributed by atoms with van der Waals surface area (Å²) in [6.45, 7) is 2.07. The van der Waals surface area contributed by atoms with Gasteiger partial charge in [0.15, 0.2) is 5.78 Å². The second-order valence-electron chi connectivity index (χ2n) is 3.57. The minimum Gasteiger partial charge on any atom is -0.368 e. The van der Waals surface area contributed by atoms with Gasteiger partial charge in [-0.2, -0.15) is 0 Å². The van der Waals surface area contributed by atoms with E-state index in [1.807, 2.05) is 12.1 Å². The Morgan fingerprint density at radius 3 is 3.27 bits per heavy atom. The average molecular weight is 206 g/mol. The Balaban J connectivity index is 1.91. The molecule has 2 heterocycles. The van der Waals surface area contributed by atoms with Gasteiger partial charge in [-0.15, -0.1) is 0 Å². The number of nitrogens with one attached hydrogen (secondary N) is 1. The predicted octanol–water partition coefficient (Wildman–Crippen LogP) is 0.182. The zero-order valence-corrected chi connectivity index (χ0v) is 8.48. The lowest BCUT2D eigenvalue weighted by Gasteiger charge is -2.22. The van der Waals surface area contributed by atoms with Gasteiger partial charge in [-0.3, -0.25) is 9.78 Å². The fraction of sp³-hybridized carbons (Fsp3) is 0.455. The Morgan fingerprint density at radius 1 is 1.67 bits per heavy atom. The van der Waals surface area contributed by atoms with E-state index in [0.717, 1.165) is 12.1 Å². The molecule has 1 aliphatic rings. The molecule has 2 rings (SSSR count). The van der Waals surface area contributed by atoms with Crippen molar-refractivity contribution >= 4 is 5.78 Å². The van der Waals surface area contributed by atoms with Crippen LogP contribution in [-0.2, 0) is 16.0 Å². The van der Waals surface area contributed by atoms with Crippen molar-refractivity contribution in [2.75, 3.05) is 19.7 Å². The van der Waals surface area contributed by atoms with Gasteiger partial charge in [-0.05, 0) is 11.6 Å². The molecule has 1 N–H and O–H groups in total. The minimum absolute atomic E-state index is 0.121. The van der Waals surface area contributed by atoms with Gasteiger partial charge in [0.25, 0.3) is 0 Å². The lowest BCUT2D eigenvalue weighted by Crippen LogP contribution is -2.43. The van der Waals surface area contributed by atoms with Crippen LogP contribution in [0.1, 0.15) is 5.56 Å². The lowest BCUT2D eigenvalue weighted by molar-refractivity contribution is -0.131. The van der Waals surface area contributed by atoms with Crippen molar-refractivity contribution in [1.82, 2.24) is 10.3 Å². The summed E-state index contributed by atoms with van der Waals surface area (Å²) in [4.78, 5) is 15.7. The van der Waals surface area contributed by atoms with Gasteiger partial charge in [0.1, 0.15) is 6.10 Å². The van der Waals surface area contributed by atoms with Gasteiger partial charge in [-0.25, -0.2) is 0 Å². The van der Waals surface area contributed by atoms with Gasteiger partial charge in [-0.1, -0.05) is 6.07 Å². The fourth-order valence-electron chi connectivity index (χ4n) is 1.59. The molecule has 1 aliphatic heterocycles. The Labute approximate surface area is 88.7 Å². The molecule has 1 fully saturated rings. The molecular weight excluding hydrogens is 192 g/mol. The van der Waals surface area contributed by atoms with E-state index in [4.69, 9.17) is 4.74 Å². The van der Waals surface area contributed by atoms with Crippen LogP contribution < -0.4 is 5.32 Å². The van der Waals surface area contributed by atoms with Crippen LogP contribution in [0.4, 0.5) is 0 Å².